The molecule has 3 amide bonds. The van der Waals surface area contributed by atoms with Crippen molar-refractivity contribution in [2.24, 2.45) is 0 Å². The van der Waals surface area contributed by atoms with Gasteiger partial charge >= 0.3 is 12.1 Å². The summed E-state index contributed by atoms with van der Waals surface area (Å²) in [5.41, 5.74) is 2.37. The van der Waals surface area contributed by atoms with Gasteiger partial charge in [0.2, 0.25) is 11.8 Å². The van der Waals surface area contributed by atoms with Crippen molar-refractivity contribution in [2.75, 3.05) is 11.4 Å². The monoisotopic (exact) mass is 611 g/mol. The lowest BCUT2D eigenvalue weighted by Gasteiger charge is -2.38. The molecule has 0 radical (unpaired) electrons. The summed E-state index contributed by atoms with van der Waals surface area (Å²) in [7, 11) is 0. The van der Waals surface area contributed by atoms with E-state index < -0.39 is 53.7 Å². The lowest BCUT2D eigenvalue weighted by atomic mass is 9.93. The predicted molar refractivity (Wildman–Crippen MR) is 166 cm³/mol. The van der Waals surface area contributed by atoms with Crippen LogP contribution in [0.4, 0.5) is 10.5 Å². The van der Waals surface area contributed by atoms with Gasteiger partial charge in [-0.25, -0.2) is 9.59 Å². The van der Waals surface area contributed by atoms with Crippen LogP contribution in [0.3, 0.4) is 0 Å². The van der Waals surface area contributed by atoms with Crippen LogP contribution in [0, 0.1) is 0 Å². The number of benzene rings is 3. The minimum absolute atomic E-state index is 0.0985. The Balaban J connectivity index is 1.33. The third-order valence-corrected chi connectivity index (χ3v) is 8.54. The summed E-state index contributed by atoms with van der Waals surface area (Å²) in [6, 6.07) is 21.0. The van der Waals surface area contributed by atoms with Crippen molar-refractivity contribution >= 4 is 29.6 Å². The molecule has 0 spiro atoms. The van der Waals surface area contributed by atoms with Gasteiger partial charge in [0.05, 0.1) is 12.2 Å². The molecule has 3 aliphatic heterocycles. The summed E-state index contributed by atoms with van der Waals surface area (Å²) in [6.07, 6.45) is -0.569. The standard InChI is InChI=1S/C35H37N3O7/c1-35(2,3)45-34(43)38-27-16-10-9-12-23(27)18-29(38)32(40)37-21-26(44-25-14-5-4-6-15-25)19-28(37)31(39)36-20-24-13-8-7-11-22(24)17-30(36)33(41)42/h4-16,26,28-30H,17-21H2,1-3H3,(H,41,42)/t26-,28-,29-,30-/m1/s1. The molecule has 10 nitrogen and oxygen atoms in total. The van der Waals surface area contributed by atoms with E-state index in [0.29, 0.717) is 11.4 Å². The van der Waals surface area contributed by atoms with Gasteiger partial charge in [0.25, 0.3) is 0 Å². The molecule has 0 aromatic heterocycles. The fourth-order valence-corrected chi connectivity index (χ4v) is 6.53. The summed E-state index contributed by atoms with van der Waals surface area (Å²) in [5, 5.41) is 10.2. The number of hydrogen-bond donors (Lipinski definition) is 1. The first kappa shape index (κ1) is 30.2. The average Bonchev–Trinajstić information content (AvgIpc) is 3.61. The molecule has 0 saturated carbocycles. The Morgan fingerprint density at radius 2 is 1.33 bits per heavy atom. The van der Waals surface area contributed by atoms with E-state index in [0.717, 1.165) is 16.7 Å². The topological polar surface area (TPSA) is 117 Å². The van der Waals surface area contributed by atoms with E-state index in [-0.39, 0.29) is 32.4 Å². The fraction of sp³-hybridized carbons (Fsp3) is 0.371. The molecule has 3 aromatic carbocycles. The van der Waals surface area contributed by atoms with Gasteiger partial charge in [0.1, 0.15) is 35.6 Å². The number of para-hydroxylation sites is 2. The second kappa shape index (κ2) is 11.9. The maximum Gasteiger partial charge on any atom is 0.415 e. The van der Waals surface area contributed by atoms with E-state index in [2.05, 4.69) is 0 Å². The van der Waals surface area contributed by atoms with Gasteiger partial charge in [-0.05, 0) is 55.7 Å². The van der Waals surface area contributed by atoms with Crippen molar-refractivity contribution in [3.8, 4) is 5.75 Å². The first-order chi connectivity index (χ1) is 21.5. The number of carboxylic acid groups (broad SMARTS) is 1. The molecule has 4 atom stereocenters. The van der Waals surface area contributed by atoms with Gasteiger partial charge in [0, 0.05) is 25.8 Å². The quantitative estimate of drug-likeness (QED) is 0.454. The smallest absolute Gasteiger partial charge is 0.415 e. The first-order valence-corrected chi connectivity index (χ1v) is 15.2. The van der Waals surface area contributed by atoms with E-state index in [1.54, 1.807) is 45.0 Å². The highest BCUT2D eigenvalue weighted by molar-refractivity contribution is 6.02. The molecular weight excluding hydrogens is 574 g/mol. The van der Waals surface area contributed by atoms with Crippen molar-refractivity contribution in [3.05, 3.63) is 95.6 Å². The molecule has 0 aliphatic carbocycles. The first-order valence-electron chi connectivity index (χ1n) is 15.2. The summed E-state index contributed by atoms with van der Waals surface area (Å²) in [6.45, 7) is 5.51. The second-order valence-corrected chi connectivity index (χ2v) is 12.8. The molecule has 6 rings (SSSR count). The number of carbonyl (C=O) groups excluding carboxylic acids is 3. The lowest BCUT2D eigenvalue weighted by Crippen LogP contribution is -2.58. The molecule has 3 aromatic rings. The van der Waals surface area contributed by atoms with E-state index in [1.807, 2.05) is 54.6 Å². The number of likely N-dealkylation sites (tertiary alicyclic amines) is 1. The van der Waals surface area contributed by atoms with Crippen molar-refractivity contribution in [2.45, 2.75) is 76.4 Å². The van der Waals surface area contributed by atoms with Crippen LogP contribution >= 0.6 is 0 Å². The Kier molecular flexibility index (Phi) is 7.99. The Morgan fingerprint density at radius 1 is 0.733 bits per heavy atom. The van der Waals surface area contributed by atoms with Gasteiger partial charge in [-0.2, -0.15) is 0 Å². The van der Waals surface area contributed by atoms with Gasteiger partial charge in [-0.15, -0.1) is 0 Å². The number of aliphatic carboxylic acids is 1. The maximum atomic E-state index is 14.5. The molecule has 45 heavy (non-hydrogen) atoms. The summed E-state index contributed by atoms with van der Waals surface area (Å²) in [4.78, 5) is 59.1. The number of nitrogens with zero attached hydrogens (tertiary/aromatic N) is 3. The molecule has 0 unspecified atom stereocenters. The summed E-state index contributed by atoms with van der Waals surface area (Å²) in [5.74, 6) is -1.38. The highest BCUT2D eigenvalue weighted by Crippen LogP contribution is 2.36. The molecular formula is C35H37N3O7. The van der Waals surface area contributed by atoms with Crippen LogP contribution in [0.5, 0.6) is 5.75 Å². The third kappa shape index (κ3) is 6.09. The highest BCUT2D eigenvalue weighted by Gasteiger charge is 2.50. The number of hydrogen-bond acceptors (Lipinski definition) is 6. The van der Waals surface area contributed by atoms with E-state index in [1.165, 1.54) is 14.7 Å². The predicted octanol–water partition coefficient (Wildman–Crippen LogP) is 4.44. The van der Waals surface area contributed by atoms with Crippen LogP contribution in [-0.4, -0.2) is 75.2 Å². The third-order valence-electron chi connectivity index (χ3n) is 8.54. The fourth-order valence-electron chi connectivity index (χ4n) is 6.53. The zero-order valence-electron chi connectivity index (χ0n) is 25.6. The number of carboxylic acids is 1. The minimum Gasteiger partial charge on any atom is -0.488 e. The number of ether oxygens (including phenoxy) is 2. The van der Waals surface area contributed by atoms with Gasteiger partial charge in [-0.1, -0.05) is 60.7 Å². The van der Waals surface area contributed by atoms with Crippen LogP contribution < -0.4 is 9.64 Å². The van der Waals surface area contributed by atoms with Crippen molar-refractivity contribution < 1.29 is 33.8 Å². The summed E-state index contributed by atoms with van der Waals surface area (Å²) < 4.78 is 11.9. The van der Waals surface area contributed by atoms with Crippen molar-refractivity contribution in [1.82, 2.24) is 9.80 Å². The molecule has 1 fully saturated rings. The number of anilines is 1. The molecule has 10 heteroatoms. The van der Waals surface area contributed by atoms with Crippen molar-refractivity contribution in [3.63, 3.8) is 0 Å². The maximum absolute atomic E-state index is 14.5. The molecule has 3 aliphatic rings. The Labute approximate surface area is 262 Å². The van der Waals surface area contributed by atoms with E-state index in [4.69, 9.17) is 9.47 Å². The van der Waals surface area contributed by atoms with Gasteiger partial charge in [-0.3, -0.25) is 14.5 Å². The minimum atomic E-state index is -1.10. The van der Waals surface area contributed by atoms with Crippen LogP contribution in [0.2, 0.25) is 0 Å². The van der Waals surface area contributed by atoms with Crippen LogP contribution in [-0.2, 0) is 38.5 Å². The van der Waals surface area contributed by atoms with Crippen LogP contribution in [0.25, 0.3) is 0 Å². The summed E-state index contributed by atoms with van der Waals surface area (Å²) >= 11 is 0. The Hall–Kier alpha value is -4.86. The molecule has 3 heterocycles. The molecule has 1 N–H and O–H groups in total. The Bertz CT molecular complexity index is 1620. The van der Waals surface area contributed by atoms with Gasteiger partial charge < -0.3 is 24.4 Å². The average molecular weight is 612 g/mol. The van der Waals surface area contributed by atoms with Crippen LogP contribution in [0.15, 0.2) is 78.9 Å². The van der Waals surface area contributed by atoms with Crippen LogP contribution in [0.1, 0.15) is 43.9 Å². The van der Waals surface area contributed by atoms with E-state index >= 15 is 0 Å². The molecule has 0 bridgehead atoms. The zero-order valence-corrected chi connectivity index (χ0v) is 25.6. The SMILES string of the molecule is CC(C)(C)OC(=O)N1c2ccccc2C[C@@H]1C(=O)N1C[C@H](Oc2ccccc2)C[C@@H]1C(=O)N1Cc2ccccc2C[C@@H]1C(=O)O. The highest BCUT2D eigenvalue weighted by atomic mass is 16.6. The number of carbonyl (C=O) groups is 4. The Morgan fingerprint density at radius 3 is 2.02 bits per heavy atom. The number of rotatable bonds is 5. The lowest BCUT2D eigenvalue weighted by molar-refractivity contribution is -0.155. The van der Waals surface area contributed by atoms with E-state index in [9.17, 15) is 24.3 Å². The molecule has 234 valence electrons. The zero-order chi connectivity index (χ0) is 31.9. The number of amides is 3. The normalized spacial score (nSPS) is 22.4. The van der Waals surface area contributed by atoms with Gasteiger partial charge in [0.15, 0.2) is 0 Å². The second-order valence-electron chi connectivity index (χ2n) is 12.8. The number of fused-ring (bicyclic) bond motifs is 2. The largest absolute Gasteiger partial charge is 0.488 e. The van der Waals surface area contributed by atoms with Crippen molar-refractivity contribution in [1.29, 1.82) is 0 Å². The molecule has 1 saturated heterocycles.